The molecule has 0 aromatic heterocycles. The van der Waals surface area contributed by atoms with Crippen molar-refractivity contribution >= 4 is 11.9 Å². The summed E-state index contributed by atoms with van der Waals surface area (Å²) in [7, 11) is 1.48. The number of hydrogen-bond acceptors (Lipinski definition) is 6. The minimum absolute atomic E-state index is 0.0426. The Labute approximate surface area is 187 Å². The molecule has 0 aliphatic carbocycles. The van der Waals surface area contributed by atoms with E-state index in [1.165, 1.54) is 19.2 Å². The average Bonchev–Trinajstić information content (AvgIpc) is 2.73. The van der Waals surface area contributed by atoms with E-state index in [2.05, 4.69) is 0 Å². The van der Waals surface area contributed by atoms with Crippen LogP contribution in [0.3, 0.4) is 0 Å². The Morgan fingerprint density at radius 2 is 2.00 bits per heavy atom. The molecule has 0 saturated carbocycles. The predicted molar refractivity (Wildman–Crippen MR) is 122 cm³/mol. The molecular weight excluding hydrogens is 408 g/mol. The number of Topliss-reactive ketones (excluding diaryl/α,β-unsaturated/α-hetero) is 1. The van der Waals surface area contributed by atoms with Gasteiger partial charge in [0.05, 0.1) is 18.6 Å². The first-order valence-corrected chi connectivity index (χ1v) is 10.6. The van der Waals surface area contributed by atoms with Crippen molar-refractivity contribution < 1.29 is 29.2 Å². The van der Waals surface area contributed by atoms with Gasteiger partial charge in [-0.15, -0.1) is 0 Å². The quantitative estimate of drug-likeness (QED) is 0.644. The lowest BCUT2D eigenvalue weighted by molar-refractivity contribution is 0.0887. The molecule has 0 fully saturated rings. The number of hydrogen-bond donors (Lipinski definition) is 2. The van der Waals surface area contributed by atoms with Crippen molar-refractivity contribution in [3.05, 3.63) is 58.2 Å². The third-order valence-electron chi connectivity index (χ3n) is 5.79. The highest BCUT2D eigenvalue weighted by Gasteiger charge is 2.40. The SMILES string of the molecule is COc1cc(O)ccc1C1COc2c(CC=C(C)C)c3c(c(O)c2C1=O)C=CC(C)(C)O3. The molecule has 0 amide bonds. The minimum Gasteiger partial charge on any atom is -0.508 e. The molecule has 6 heteroatoms. The van der Waals surface area contributed by atoms with Gasteiger partial charge in [-0.25, -0.2) is 0 Å². The summed E-state index contributed by atoms with van der Waals surface area (Å²) in [6, 6.07) is 4.62. The van der Waals surface area contributed by atoms with Gasteiger partial charge < -0.3 is 24.4 Å². The number of carbonyl (C=O) groups excluding carboxylic acids is 1. The minimum atomic E-state index is -0.678. The molecule has 0 saturated heterocycles. The van der Waals surface area contributed by atoms with Gasteiger partial charge in [0.1, 0.15) is 46.5 Å². The van der Waals surface area contributed by atoms with Gasteiger partial charge in [-0.1, -0.05) is 17.7 Å². The number of phenols is 2. The van der Waals surface area contributed by atoms with E-state index in [-0.39, 0.29) is 29.5 Å². The van der Waals surface area contributed by atoms with E-state index in [0.717, 1.165) is 11.1 Å². The van der Waals surface area contributed by atoms with E-state index in [9.17, 15) is 15.0 Å². The van der Waals surface area contributed by atoms with Gasteiger partial charge in [0.15, 0.2) is 5.78 Å². The van der Waals surface area contributed by atoms with E-state index in [1.807, 2.05) is 39.8 Å². The molecule has 32 heavy (non-hydrogen) atoms. The molecule has 0 bridgehead atoms. The van der Waals surface area contributed by atoms with Crippen molar-refractivity contribution in [1.82, 2.24) is 0 Å². The number of ether oxygens (including phenoxy) is 3. The van der Waals surface area contributed by atoms with Gasteiger partial charge in [-0.2, -0.15) is 0 Å². The van der Waals surface area contributed by atoms with E-state index < -0.39 is 11.5 Å². The van der Waals surface area contributed by atoms with Gasteiger partial charge in [0, 0.05) is 17.2 Å². The van der Waals surface area contributed by atoms with Crippen molar-refractivity contribution in [2.75, 3.05) is 13.7 Å². The molecule has 0 radical (unpaired) electrons. The summed E-state index contributed by atoms with van der Waals surface area (Å²) in [5.74, 6) is 0.262. The molecule has 2 aliphatic rings. The van der Waals surface area contributed by atoms with Gasteiger partial charge >= 0.3 is 0 Å². The second kappa shape index (κ2) is 7.93. The Balaban J connectivity index is 1.89. The van der Waals surface area contributed by atoms with Crippen LogP contribution in [-0.4, -0.2) is 35.3 Å². The number of ketones is 1. The van der Waals surface area contributed by atoms with Crippen LogP contribution in [-0.2, 0) is 6.42 Å². The third kappa shape index (κ3) is 3.70. The fraction of sp³-hybridized carbons (Fsp3) is 0.346. The Kier molecular flexibility index (Phi) is 5.41. The maximum Gasteiger partial charge on any atom is 0.181 e. The van der Waals surface area contributed by atoms with Crippen molar-refractivity contribution in [2.45, 2.75) is 45.6 Å². The van der Waals surface area contributed by atoms with Crippen molar-refractivity contribution in [2.24, 2.45) is 0 Å². The van der Waals surface area contributed by atoms with Crippen molar-refractivity contribution in [1.29, 1.82) is 0 Å². The normalized spacial score (nSPS) is 18.2. The van der Waals surface area contributed by atoms with Crippen LogP contribution in [0.25, 0.3) is 6.08 Å². The zero-order valence-electron chi connectivity index (χ0n) is 19.0. The standard InChI is InChI=1S/C26H28O6/c1-14(2)6-8-18-24-17(10-11-26(3,4)32-24)22(28)21-23(29)19(13-31-25(18)21)16-9-7-15(27)12-20(16)30-5/h6-7,9-12,19,27-28H,8,13H2,1-5H3. The number of phenolic OH excluding ortho intramolecular Hbond substituents is 2. The number of carbonyl (C=O) groups is 1. The summed E-state index contributed by atoms with van der Waals surface area (Å²) in [5, 5.41) is 20.9. The second-order valence-corrected chi connectivity index (χ2v) is 8.95. The molecule has 0 spiro atoms. The highest BCUT2D eigenvalue weighted by atomic mass is 16.5. The largest absolute Gasteiger partial charge is 0.508 e. The summed E-state index contributed by atoms with van der Waals surface area (Å²) in [6.07, 6.45) is 6.22. The van der Waals surface area contributed by atoms with Gasteiger partial charge in [-0.05, 0) is 52.3 Å². The van der Waals surface area contributed by atoms with Crippen LogP contribution < -0.4 is 14.2 Å². The van der Waals surface area contributed by atoms with Crippen LogP contribution in [0.1, 0.15) is 60.7 Å². The molecule has 1 unspecified atom stereocenters. The summed E-state index contributed by atoms with van der Waals surface area (Å²) >= 11 is 0. The summed E-state index contributed by atoms with van der Waals surface area (Å²) in [4.78, 5) is 13.7. The van der Waals surface area contributed by atoms with Gasteiger partial charge in [-0.3, -0.25) is 4.79 Å². The fourth-order valence-electron chi connectivity index (χ4n) is 4.13. The van der Waals surface area contributed by atoms with E-state index >= 15 is 0 Å². The Hall–Kier alpha value is -3.41. The molecular formula is C26H28O6. The Morgan fingerprint density at radius 3 is 2.69 bits per heavy atom. The summed E-state index contributed by atoms with van der Waals surface area (Å²) < 4.78 is 17.7. The van der Waals surface area contributed by atoms with Crippen LogP contribution in [0.15, 0.2) is 35.9 Å². The molecule has 2 aliphatic heterocycles. The molecule has 2 heterocycles. The molecule has 2 aromatic carbocycles. The molecule has 2 aromatic rings. The zero-order chi connectivity index (χ0) is 23.2. The van der Waals surface area contributed by atoms with Crippen LogP contribution in [0.4, 0.5) is 0 Å². The smallest absolute Gasteiger partial charge is 0.181 e. The number of fused-ring (bicyclic) bond motifs is 2. The summed E-state index contributed by atoms with van der Waals surface area (Å²) in [5.41, 5.74) is 2.55. The number of rotatable bonds is 4. The van der Waals surface area contributed by atoms with E-state index in [0.29, 0.717) is 34.8 Å². The maximum atomic E-state index is 13.7. The first-order valence-electron chi connectivity index (χ1n) is 10.6. The first-order chi connectivity index (χ1) is 15.1. The predicted octanol–water partition coefficient (Wildman–Crippen LogP) is 5.16. The molecule has 168 valence electrons. The van der Waals surface area contributed by atoms with E-state index in [4.69, 9.17) is 14.2 Å². The lowest BCUT2D eigenvalue weighted by Gasteiger charge is -2.34. The summed E-state index contributed by atoms with van der Waals surface area (Å²) in [6.45, 7) is 7.97. The lowest BCUT2D eigenvalue weighted by Crippen LogP contribution is -2.31. The van der Waals surface area contributed by atoms with Gasteiger partial charge in [0.2, 0.25) is 0 Å². The molecule has 4 rings (SSSR count). The molecule has 2 N–H and O–H groups in total. The van der Waals surface area contributed by atoms with E-state index in [1.54, 1.807) is 12.1 Å². The molecule has 1 atom stereocenters. The van der Waals surface area contributed by atoms with Crippen LogP contribution >= 0.6 is 0 Å². The first kappa shape index (κ1) is 21.8. The number of benzene rings is 2. The third-order valence-corrected chi connectivity index (χ3v) is 5.79. The fourth-order valence-corrected chi connectivity index (χ4v) is 4.13. The lowest BCUT2D eigenvalue weighted by atomic mass is 9.84. The highest BCUT2D eigenvalue weighted by Crippen LogP contribution is 2.51. The van der Waals surface area contributed by atoms with Crippen molar-refractivity contribution in [3.8, 4) is 28.7 Å². The van der Waals surface area contributed by atoms with Gasteiger partial charge in [0.25, 0.3) is 0 Å². The number of allylic oxidation sites excluding steroid dienone is 2. The topological polar surface area (TPSA) is 85.2 Å². The highest BCUT2D eigenvalue weighted by molar-refractivity contribution is 6.08. The number of methoxy groups -OCH3 is 1. The monoisotopic (exact) mass is 436 g/mol. The van der Waals surface area contributed by atoms with Crippen LogP contribution in [0.5, 0.6) is 28.7 Å². The van der Waals surface area contributed by atoms with Crippen LogP contribution in [0, 0.1) is 0 Å². The maximum absolute atomic E-state index is 13.7. The Morgan fingerprint density at radius 1 is 1.25 bits per heavy atom. The molecule has 6 nitrogen and oxygen atoms in total. The van der Waals surface area contributed by atoms with Crippen molar-refractivity contribution in [3.63, 3.8) is 0 Å². The average molecular weight is 437 g/mol. The Bertz CT molecular complexity index is 1150. The van der Waals surface area contributed by atoms with Crippen LogP contribution in [0.2, 0.25) is 0 Å². The second-order valence-electron chi connectivity index (χ2n) is 8.95. The number of aromatic hydroxyl groups is 2. The zero-order valence-corrected chi connectivity index (χ0v) is 19.0.